The number of hydrogen-bond acceptors (Lipinski definition) is 12. The van der Waals surface area contributed by atoms with Crippen molar-refractivity contribution in [1.29, 1.82) is 0 Å². The molecule has 0 aliphatic heterocycles. The standard InChI is InChI=1S/2C6H14N2.2C2H2O4.Pt/c2*7-6(8)4-2-1-3-5-6;2*3-1(4)2(5)6;/h2*1-5,7-8H2;2*(H,3,4)(H,5,6);/q;;;;+4/p-4. The Labute approximate surface area is 183 Å². The van der Waals surface area contributed by atoms with E-state index in [0.29, 0.717) is 0 Å². The molecule has 2 aliphatic carbocycles. The van der Waals surface area contributed by atoms with Crippen molar-refractivity contribution in [3.05, 3.63) is 0 Å². The van der Waals surface area contributed by atoms with Gasteiger partial charge in [-0.3, -0.25) is 0 Å². The van der Waals surface area contributed by atoms with E-state index in [1.165, 1.54) is 38.5 Å². The van der Waals surface area contributed by atoms with Gasteiger partial charge in [0.05, 0.1) is 35.2 Å². The minimum Gasteiger partial charge on any atom is -0.543 e. The first kappa shape index (κ1) is 32.1. The number of carboxylic acid groups (broad SMARTS) is 4. The zero-order valence-corrected chi connectivity index (χ0v) is 18.2. The third-order valence-corrected chi connectivity index (χ3v) is 3.90. The van der Waals surface area contributed by atoms with Crippen LogP contribution in [0.3, 0.4) is 0 Å². The summed E-state index contributed by atoms with van der Waals surface area (Å²) in [6, 6.07) is 0. The van der Waals surface area contributed by atoms with E-state index in [1.54, 1.807) is 0 Å². The number of carbonyl (C=O) groups excluding carboxylic acids is 4. The minimum absolute atomic E-state index is 0. The van der Waals surface area contributed by atoms with Crippen molar-refractivity contribution >= 4 is 23.9 Å². The molecule has 0 heterocycles. The fraction of sp³-hybridized carbons (Fsp3) is 0.750. The molecule has 12 nitrogen and oxygen atoms in total. The second-order valence-corrected chi connectivity index (χ2v) is 6.74. The summed E-state index contributed by atoms with van der Waals surface area (Å²) in [4.78, 5) is 35.7. The molecule has 0 aromatic heterocycles. The van der Waals surface area contributed by atoms with Crippen molar-refractivity contribution in [1.82, 2.24) is 0 Å². The fourth-order valence-corrected chi connectivity index (χ4v) is 2.42. The predicted octanol–water partition coefficient (Wildman–Crippen LogP) is -5.90. The molecular weight excluding hydrogens is 571 g/mol. The smallest absolute Gasteiger partial charge is 0.543 e. The van der Waals surface area contributed by atoms with E-state index in [0.717, 1.165) is 25.7 Å². The number of hydrogen-bond donors (Lipinski definition) is 4. The monoisotopic (exact) mass is 599 g/mol. The van der Waals surface area contributed by atoms with E-state index in [1.807, 2.05) is 0 Å². The van der Waals surface area contributed by atoms with Crippen LogP contribution in [0.2, 0.25) is 0 Å². The van der Waals surface area contributed by atoms with Crippen molar-refractivity contribution in [3.8, 4) is 0 Å². The molecule has 170 valence electrons. The molecule has 0 saturated heterocycles. The number of carbonyl (C=O) groups is 4. The van der Waals surface area contributed by atoms with E-state index in [2.05, 4.69) is 0 Å². The normalized spacial score (nSPS) is 18.3. The van der Waals surface area contributed by atoms with E-state index in [9.17, 15) is 0 Å². The van der Waals surface area contributed by atoms with Crippen LogP contribution in [0.1, 0.15) is 64.2 Å². The Morgan fingerprint density at radius 3 is 0.724 bits per heavy atom. The average Bonchev–Trinajstić information content (AvgIpc) is 2.56. The predicted molar refractivity (Wildman–Crippen MR) is 88.4 cm³/mol. The van der Waals surface area contributed by atoms with Crippen LogP contribution < -0.4 is 43.4 Å². The van der Waals surface area contributed by atoms with Gasteiger partial charge in [-0.05, 0) is 25.7 Å². The Kier molecular flexibility index (Phi) is 18.0. The van der Waals surface area contributed by atoms with Gasteiger partial charge in [0, 0.05) is 0 Å². The quantitative estimate of drug-likeness (QED) is 0.150. The second kappa shape index (κ2) is 16.2. The van der Waals surface area contributed by atoms with Gasteiger partial charge in [0.2, 0.25) is 0 Å². The Morgan fingerprint density at radius 2 is 0.655 bits per heavy atom. The Bertz CT molecular complexity index is 443. The van der Waals surface area contributed by atoms with Crippen molar-refractivity contribution in [2.45, 2.75) is 75.5 Å². The van der Waals surface area contributed by atoms with Crippen LogP contribution in [0.4, 0.5) is 0 Å². The Hall–Kier alpha value is -1.59. The largest absolute Gasteiger partial charge is 4.00 e. The molecule has 0 bridgehead atoms. The zero-order valence-electron chi connectivity index (χ0n) is 16.0. The van der Waals surface area contributed by atoms with Crippen molar-refractivity contribution in [3.63, 3.8) is 0 Å². The summed E-state index contributed by atoms with van der Waals surface area (Å²) in [6.07, 6.45) is 11.5. The molecule has 0 aromatic rings. The van der Waals surface area contributed by atoms with Crippen LogP contribution in [0, 0.1) is 0 Å². The Balaban J connectivity index is -0.000000311. The van der Waals surface area contributed by atoms with Gasteiger partial charge in [-0.15, -0.1) is 0 Å². The molecule has 0 amide bonds. The summed E-state index contributed by atoms with van der Waals surface area (Å²) in [5.74, 6) is -8.74. The average molecular weight is 599 g/mol. The van der Waals surface area contributed by atoms with Crippen LogP contribution in [-0.2, 0) is 40.2 Å². The van der Waals surface area contributed by atoms with Crippen LogP contribution in [0.15, 0.2) is 0 Å². The molecule has 13 heteroatoms. The summed E-state index contributed by atoms with van der Waals surface area (Å²) >= 11 is 0. The molecule has 2 aliphatic rings. The molecule has 0 spiro atoms. The van der Waals surface area contributed by atoms with E-state index >= 15 is 0 Å². The maximum Gasteiger partial charge on any atom is 4.00 e. The summed E-state index contributed by atoms with van der Waals surface area (Å²) < 4.78 is 0. The van der Waals surface area contributed by atoms with Crippen molar-refractivity contribution in [2.24, 2.45) is 22.9 Å². The first-order valence-electron chi connectivity index (χ1n) is 8.70. The summed E-state index contributed by atoms with van der Waals surface area (Å²) in [5, 5.41) is 35.7. The number of aliphatic carboxylic acids is 4. The van der Waals surface area contributed by atoms with Crippen molar-refractivity contribution in [2.75, 3.05) is 0 Å². The van der Waals surface area contributed by atoms with E-state index in [4.69, 9.17) is 62.5 Å². The molecule has 29 heavy (non-hydrogen) atoms. The van der Waals surface area contributed by atoms with Crippen LogP contribution in [0.25, 0.3) is 0 Å². The second-order valence-electron chi connectivity index (χ2n) is 6.74. The first-order valence-corrected chi connectivity index (χ1v) is 8.70. The minimum atomic E-state index is -2.19. The SMILES string of the molecule is NC1(N)CCCCC1.NC1(N)CCCCC1.O=C([O-])C(=O)[O-].O=C([O-])C(=O)[O-].[Pt+4]. The molecule has 0 atom stereocenters. The van der Waals surface area contributed by atoms with E-state index < -0.39 is 23.9 Å². The zero-order chi connectivity index (χ0) is 22.4. The molecule has 0 aromatic carbocycles. The third-order valence-electron chi connectivity index (χ3n) is 3.90. The molecule has 8 N–H and O–H groups in total. The van der Waals surface area contributed by atoms with Gasteiger partial charge in [-0.25, -0.2) is 0 Å². The molecule has 0 radical (unpaired) electrons. The van der Waals surface area contributed by atoms with Crippen LogP contribution in [-0.4, -0.2) is 35.2 Å². The van der Waals surface area contributed by atoms with Crippen LogP contribution >= 0.6 is 0 Å². The molecule has 2 saturated carbocycles. The van der Waals surface area contributed by atoms with Gasteiger partial charge in [-0.1, -0.05) is 38.5 Å². The Morgan fingerprint density at radius 1 is 0.483 bits per heavy atom. The van der Waals surface area contributed by atoms with Gasteiger partial charge < -0.3 is 62.5 Å². The number of carboxylic acids is 4. The molecular formula is C16H28N4O8Pt. The van der Waals surface area contributed by atoms with Gasteiger partial charge in [0.25, 0.3) is 0 Å². The summed E-state index contributed by atoms with van der Waals surface area (Å²) in [7, 11) is 0. The molecule has 2 fully saturated rings. The summed E-state index contributed by atoms with van der Waals surface area (Å²) in [6.45, 7) is 0. The first-order chi connectivity index (χ1) is 12.7. The van der Waals surface area contributed by atoms with E-state index in [-0.39, 0.29) is 32.4 Å². The van der Waals surface area contributed by atoms with Gasteiger partial charge in [0.1, 0.15) is 0 Å². The van der Waals surface area contributed by atoms with Crippen molar-refractivity contribution < 1.29 is 60.7 Å². The van der Waals surface area contributed by atoms with Gasteiger partial charge >= 0.3 is 21.1 Å². The fourth-order valence-electron chi connectivity index (χ4n) is 2.42. The number of nitrogens with two attached hydrogens (primary N) is 4. The topological polar surface area (TPSA) is 265 Å². The third kappa shape index (κ3) is 22.6. The molecule has 2 rings (SSSR count). The number of rotatable bonds is 0. The molecule has 0 unspecified atom stereocenters. The maximum absolute atomic E-state index is 8.93. The van der Waals surface area contributed by atoms with Crippen LogP contribution in [0.5, 0.6) is 0 Å². The summed E-state index contributed by atoms with van der Waals surface area (Å²) in [5.41, 5.74) is 22.0. The maximum atomic E-state index is 8.93. The van der Waals surface area contributed by atoms with Gasteiger partial charge in [-0.2, -0.15) is 0 Å². The van der Waals surface area contributed by atoms with Gasteiger partial charge in [0.15, 0.2) is 0 Å².